The van der Waals surface area contributed by atoms with Crippen molar-refractivity contribution in [2.75, 3.05) is 26.2 Å². The van der Waals surface area contributed by atoms with Crippen LogP contribution in [0, 0.1) is 5.92 Å². The first kappa shape index (κ1) is 14.5. The highest BCUT2D eigenvalue weighted by Crippen LogP contribution is 2.42. The molecule has 22 heavy (non-hydrogen) atoms. The predicted molar refractivity (Wildman–Crippen MR) is 81.2 cm³/mol. The second kappa shape index (κ2) is 5.49. The molecule has 3 fully saturated rings. The number of ether oxygens (including phenoxy) is 1. The molecule has 0 radical (unpaired) electrons. The lowest BCUT2D eigenvalue weighted by Crippen LogP contribution is -2.61. The Hall–Kier alpha value is -1.14. The summed E-state index contributed by atoms with van der Waals surface area (Å²) < 4.78 is 5.91. The van der Waals surface area contributed by atoms with Gasteiger partial charge in [-0.2, -0.15) is 4.99 Å². The molecule has 1 aliphatic carbocycles. The number of aliphatic hydroxyl groups is 1. The lowest BCUT2D eigenvalue weighted by atomic mass is 9.79. The van der Waals surface area contributed by atoms with Crippen LogP contribution in [-0.4, -0.2) is 64.8 Å². The van der Waals surface area contributed by atoms with Gasteiger partial charge in [0.2, 0.25) is 0 Å². The van der Waals surface area contributed by atoms with Crippen LogP contribution in [0.25, 0.3) is 0 Å². The topological polar surface area (TPSA) is 65.4 Å². The van der Waals surface area contributed by atoms with E-state index in [2.05, 4.69) is 9.89 Å². The van der Waals surface area contributed by atoms with Crippen molar-refractivity contribution in [2.45, 2.75) is 56.8 Å². The summed E-state index contributed by atoms with van der Waals surface area (Å²) in [5.74, 6) is -0.575. The Bertz CT molecular complexity index is 489. The molecule has 6 nitrogen and oxygen atoms in total. The molecule has 1 N–H and O–H groups in total. The fraction of sp³-hybridized carbons (Fsp3) is 0.875. The molecule has 0 bridgehead atoms. The Morgan fingerprint density at radius 3 is 2.86 bits per heavy atom. The maximum atomic E-state index is 12.2. The minimum Gasteiger partial charge on any atom is -0.458 e. The molecular weight excluding hydrogens is 282 g/mol. The van der Waals surface area contributed by atoms with Gasteiger partial charge in [0.15, 0.2) is 5.72 Å². The zero-order chi connectivity index (χ0) is 15.2. The fourth-order valence-corrected chi connectivity index (χ4v) is 4.42. The van der Waals surface area contributed by atoms with Gasteiger partial charge in [-0.05, 0) is 45.2 Å². The molecule has 3 unspecified atom stereocenters. The van der Waals surface area contributed by atoms with Crippen molar-refractivity contribution in [3.05, 3.63) is 0 Å². The highest BCUT2D eigenvalue weighted by atomic mass is 16.5. The highest BCUT2D eigenvalue weighted by molar-refractivity contribution is 5.96. The van der Waals surface area contributed by atoms with E-state index >= 15 is 0 Å². The fourth-order valence-electron chi connectivity index (χ4n) is 4.42. The van der Waals surface area contributed by atoms with Crippen LogP contribution in [0.2, 0.25) is 0 Å². The zero-order valence-electron chi connectivity index (χ0n) is 13.0. The Morgan fingerprint density at radius 2 is 2.05 bits per heavy atom. The highest BCUT2D eigenvalue weighted by Gasteiger charge is 2.55. The first-order valence-electron chi connectivity index (χ1n) is 8.68. The molecule has 4 rings (SSSR count). The van der Waals surface area contributed by atoms with E-state index in [1.807, 2.05) is 4.90 Å². The van der Waals surface area contributed by atoms with Crippen LogP contribution in [-0.2, 0) is 9.53 Å². The summed E-state index contributed by atoms with van der Waals surface area (Å²) in [5.41, 5.74) is -1.07. The summed E-state index contributed by atoms with van der Waals surface area (Å²) in [7, 11) is 0. The third-order valence-corrected chi connectivity index (χ3v) is 5.62. The van der Waals surface area contributed by atoms with Crippen LogP contribution in [0.3, 0.4) is 0 Å². The van der Waals surface area contributed by atoms with Crippen LogP contribution in [0.1, 0.15) is 44.9 Å². The number of hydrogen-bond acceptors (Lipinski definition) is 5. The minimum absolute atomic E-state index is 0.00866. The summed E-state index contributed by atoms with van der Waals surface area (Å²) in [4.78, 5) is 20.6. The van der Waals surface area contributed by atoms with Crippen molar-refractivity contribution < 1.29 is 14.6 Å². The Balaban J connectivity index is 1.49. The maximum Gasteiger partial charge on any atom is 0.298 e. The van der Waals surface area contributed by atoms with Crippen molar-refractivity contribution in [3.8, 4) is 0 Å². The molecule has 0 aromatic carbocycles. The molecular formula is C16H25N3O3. The molecule has 1 amide bonds. The van der Waals surface area contributed by atoms with Crippen LogP contribution in [0.15, 0.2) is 4.99 Å². The SMILES string of the molecule is O=C1N=C2OC(CN3CCCCC3)CN2C2(O)CCCCC12. The Morgan fingerprint density at radius 1 is 1.23 bits per heavy atom. The number of piperidine rings is 1. The third-order valence-electron chi connectivity index (χ3n) is 5.62. The molecule has 2 saturated heterocycles. The molecule has 0 aromatic rings. The second-order valence-corrected chi connectivity index (χ2v) is 7.12. The largest absolute Gasteiger partial charge is 0.458 e. The number of hydrogen-bond donors (Lipinski definition) is 1. The van der Waals surface area contributed by atoms with Crippen molar-refractivity contribution in [1.29, 1.82) is 0 Å². The first-order chi connectivity index (χ1) is 10.7. The summed E-state index contributed by atoms with van der Waals surface area (Å²) >= 11 is 0. The summed E-state index contributed by atoms with van der Waals surface area (Å²) in [5, 5.41) is 11.1. The number of nitrogens with zero attached hydrogens (tertiary/aromatic N) is 3. The predicted octanol–water partition coefficient (Wildman–Crippen LogP) is 0.948. The molecule has 4 aliphatic rings. The molecule has 0 aromatic heterocycles. The van der Waals surface area contributed by atoms with E-state index in [0.717, 1.165) is 38.9 Å². The molecule has 1 saturated carbocycles. The number of carbonyl (C=O) groups is 1. The van der Waals surface area contributed by atoms with E-state index in [4.69, 9.17) is 4.74 Å². The summed E-state index contributed by atoms with van der Waals surface area (Å²) in [6, 6.07) is 0.354. The van der Waals surface area contributed by atoms with E-state index < -0.39 is 5.72 Å². The number of fused-ring (bicyclic) bond motifs is 3. The summed E-state index contributed by atoms with van der Waals surface area (Å²) in [6.07, 6.45) is 7.16. The van der Waals surface area contributed by atoms with Gasteiger partial charge in [0.1, 0.15) is 6.10 Å². The average molecular weight is 307 g/mol. The van der Waals surface area contributed by atoms with Gasteiger partial charge < -0.3 is 9.84 Å². The molecule has 3 aliphatic heterocycles. The van der Waals surface area contributed by atoms with E-state index in [9.17, 15) is 9.90 Å². The van der Waals surface area contributed by atoms with E-state index in [1.54, 1.807) is 0 Å². The van der Waals surface area contributed by atoms with Gasteiger partial charge in [-0.3, -0.25) is 14.6 Å². The van der Waals surface area contributed by atoms with Gasteiger partial charge in [0.25, 0.3) is 11.9 Å². The number of amidine groups is 1. The van der Waals surface area contributed by atoms with Gasteiger partial charge >= 0.3 is 0 Å². The maximum absolute atomic E-state index is 12.2. The molecule has 122 valence electrons. The Labute approximate surface area is 131 Å². The average Bonchev–Trinajstić information content (AvgIpc) is 2.92. The molecule has 6 heteroatoms. The normalized spacial score (nSPS) is 39.0. The quantitative estimate of drug-likeness (QED) is 0.823. The standard InChI is InChI=1S/C16H25N3O3/c20-14-13-6-2-3-7-16(13,21)19-11-12(22-15(19)17-14)10-18-8-4-1-5-9-18/h12-13,21H,1-11H2. The van der Waals surface area contributed by atoms with E-state index in [1.165, 1.54) is 19.3 Å². The van der Waals surface area contributed by atoms with Gasteiger partial charge in [-0.15, -0.1) is 0 Å². The van der Waals surface area contributed by atoms with Gasteiger partial charge in [0.05, 0.1) is 12.5 Å². The molecule has 3 heterocycles. The zero-order valence-corrected chi connectivity index (χ0v) is 13.0. The molecule has 0 spiro atoms. The molecule has 3 atom stereocenters. The monoisotopic (exact) mass is 307 g/mol. The van der Waals surface area contributed by atoms with Gasteiger partial charge in [-0.25, -0.2) is 0 Å². The third kappa shape index (κ3) is 2.33. The Kier molecular flexibility index (Phi) is 3.61. The van der Waals surface area contributed by atoms with Crippen molar-refractivity contribution in [2.24, 2.45) is 10.9 Å². The number of amides is 1. The smallest absolute Gasteiger partial charge is 0.298 e. The first-order valence-corrected chi connectivity index (χ1v) is 8.68. The lowest BCUT2D eigenvalue weighted by Gasteiger charge is -2.46. The number of aliphatic imine (C=N–C) groups is 1. The number of likely N-dealkylation sites (tertiary alicyclic amines) is 1. The van der Waals surface area contributed by atoms with Gasteiger partial charge in [0, 0.05) is 6.54 Å². The van der Waals surface area contributed by atoms with Crippen molar-refractivity contribution in [3.63, 3.8) is 0 Å². The van der Waals surface area contributed by atoms with Crippen molar-refractivity contribution >= 4 is 11.9 Å². The number of rotatable bonds is 2. The van der Waals surface area contributed by atoms with Crippen LogP contribution >= 0.6 is 0 Å². The number of carbonyl (C=O) groups excluding carboxylic acids is 1. The summed E-state index contributed by atoms with van der Waals surface area (Å²) in [6.45, 7) is 3.76. The van der Waals surface area contributed by atoms with Crippen LogP contribution in [0.5, 0.6) is 0 Å². The van der Waals surface area contributed by atoms with Crippen LogP contribution < -0.4 is 0 Å². The lowest BCUT2D eigenvalue weighted by molar-refractivity contribution is -0.162. The van der Waals surface area contributed by atoms with E-state index in [0.29, 0.717) is 19.0 Å². The second-order valence-electron chi connectivity index (χ2n) is 7.12. The van der Waals surface area contributed by atoms with E-state index in [-0.39, 0.29) is 17.9 Å². The minimum atomic E-state index is -1.07. The van der Waals surface area contributed by atoms with Gasteiger partial charge in [-0.1, -0.05) is 12.8 Å². The van der Waals surface area contributed by atoms with Crippen molar-refractivity contribution in [1.82, 2.24) is 9.80 Å². The van der Waals surface area contributed by atoms with Crippen LogP contribution in [0.4, 0.5) is 0 Å².